The van der Waals surface area contributed by atoms with Crippen molar-refractivity contribution in [3.63, 3.8) is 0 Å². The van der Waals surface area contributed by atoms with E-state index in [1.165, 1.54) is 37.4 Å². The maximum Gasteiger partial charge on any atom is 0.265 e. The van der Waals surface area contributed by atoms with Gasteiger partial charge in [-0.25, -0.2) is 13.1 Å². The molecule has 0 radical (unpaired) electrons. The van der Waals surface area contributed by atoms with Gasteiger partial charge in [-0.1, -0.05) is 25.7 Å². The lowest BCUT2D eigenvalue weighted by atomic mass is 10.1. The van der Waals surface area contributed by atoms with Gasteiger partial charge in [-0.05, 0) is 31.9 Å². The van der Waals surface area contributed by atoms with E-state index in [-0.39, 0.29) is 11.0 Å². The standard InChI is InChI=1S/C15H22N2O4S/c1-12(21-13-7-4-2-3-5-8-13)15(18)17-22(19,20)14-9-6-10-16-11-14/h6,9-13H,2-5,7-8H2,1H3,(H,17,18)/t12-/m1/s1. The van der Waals surface area contributed by atoms with Crippen LogP contribution >= 0.6 is 0 Å². The minimum absolute atomic E-state index is 0.0318. The Labute approximate surface area is 131 Å². The SMILES string of the molecule is C[C@@H](OC1CCCCCC1)C(=O)NS(=O)(=O)c1cccnc1. The second-order valence-corrected chi connectivity index (χ2v) is 7.23. The largest absolute Gasteiger partial charge is 0.365 e. The average Bonchev–Trinajstić information content (AvgIpc) is 2.76. The van der Waals surface area contributed by atoms with Crippen molar-refractivity contribution in [1.29, 1.82) is 0 Å². The number of nitrogens with zero attached hydrogens (tertiary/aromatic N) is 1. The van der Waals surface area contributed by atoms with E-state index >= 15 is 0 Å². The van der Waals surface area contributed by atoms with Crippen LogP contribution in [0.2, 0.25) is 0 Å². The molecule has 0 spiro atoms. The smallest absolute Gasteiger partial charge is 0.265 e. The third-order valence-corrected chi connectivity index (χ3v) is 5.08. The third kappa shape index (κ3) is 4.78. The topological polar surface area (TPSA) is 85.4 Å². The summed E-state index contributed by atoms with van der Waals surface area (Å²) in [6.45, 7) is 1.58. The molecule has 1 aliphatic rings. The molecule has 1 fully saturated rings. The van der Waals surface area contributed by atoms with Gasteiger partial charge in [0.05, 0.1) is 6.10 Å². The number of hydrogen-bond acceptors (Lipinski definition) is 5. The van der Waals surface area contributed by atoms with Gasteiger partial charge in [-0.3, -0.25) is 9.78 Å². The Hall–Kier alpha value is -1.47. The van der Waals surface area contributed by atoms with Crippen LogP contribution in [0.4, 0.5) is 0 Å². The molecule has 22 heavy (non-hydrogen) atoms. The van der Waals surface area contributed by atoms with Gasteiger partial charge in [0.15, 0.2) is 0 Å². The van der Waals surface area contributed by atoms with E-state index in [2.05, 4.69) is 4.98 Å². The molecular formula is C15H22N2O4S. The number of ether oxygens (including phenoxy) is 1. The molecule has 0 bridgehead atoms. The minimum atomic E-state index is -3.89. The summed E-state index contributed by atoms with van der Waals surface area (Å²) in [6.07, 6.45) is 8.32. The second-order valence-electron chi connectivity index (χ2n) is 5.55. The predicted molar refractivity (Wildman–Crippen MR) is 81.6 cm³/mol. The second kappa shape index (κ2) is 7.69. The Balaban J connectivity index is 1.93. The number of pyridine rings is 1. The van der Waals surface area contributed by atoms with Crippen molar-refractivity contribution < 1.29 is 17.9 Å². The molecule has 0 unspecified atom stereocenters. The maximum atomic E-state index is 12.1. The number of aromatic nitrogens is 1. The monoisotopic (exact) mass is 326 g/mol. The van der Waals surface area contributed by atoms with E-state index < -0.39 is 22.0 Å². The van der Waals surface area contributed by atoms with Crippen molar-refractivity contribution >= 4 is 15.9 Å². The van der Waals surface area contributed by atoms with Crippen LogP contribution in [0.1, 0.15) is 45.4 Å². The van der Waals surface area contributed by atoms with Crippen LogP contribution in [-0.2, 0) is 19.6 Å². The number of carbonyl (C=O) groups excluding carboxylic acids is 1. The first-order valence-corrected chi connectivity index (χ1v) is 9.09. The van der Waals surface area contributed by atoms with Gasteiger partial charge in [-0.2, -0.15) is 0 Å². The number of rotatable bonds is 5. The highest BCUT2D eigenvalue weighted by molar-refractivity contribution is 7.90. The van der Waals surface area contributed by atoms with Crippen LogP contribution in [0.5, 0.6) is 0 Å². The predicted octanol–water partition coefficient (Wildman–Crippen LogP) is 2.01. The lowest BCUT2D eigenvalue weighted by Gasteiger charge is -2.20. The molecule has 0 saturated heterocycles. The summed E-state index contributed by atoms with van der Waals surface area (Å²) in [4.78, 5) is 15.8. The van der Waals surface area contributed by atoms with Crippen molar-refractivity contribution in [2.24, 2.45) is 0 Å². The summed E-state index contributed by atoms with van der Waals surface area (Å²) in [5.41, 5.74) is 0. The molecule has 1 N–H and O–H groups in total. The normalized spacial score (nSPS) is 18.4. The van der Waals surface area contributed by atoms with Crippen LogP contribution in [-0.4, -0.2) is 31.5 Å². The van der Waals surface area contributed by atoms with Crippen LogP contribution in [0, 0.1) is 0 Å². The molecule has 1 amide bonds. The lowest BCUT2D eigenvalue weighted by molar-refractivity contribution is -0.133. The quantitative estimate of drug-likeness (QED) is 0.837. The summed E-state index contributed by atoms with van der Waals surface area (Å²) in [7, 11) is -3.89. The van der Waals surface area contributed by atoms with Crippen LogP contribution in [0.15, 0.2) is 29.4 Å². The molecule has 1 aromatic heterocycles. The molecule has 0 aromatic carbocycles. The van der Waals surface area contributed by atoms with E-state index in [1.54, 1.807) is 6.92 Å². The van der Waals surface area contributed by atoms with Gasteiger partial charge < -0.3 is 4.74 Å². The van der Waals surface area contributed by atoms with Crippen molar-refractivity contribution in [2.45, 2.75) is 62.6 Å². The summed E-state index contributed by atoms with van der Waals surface area (Å²) in [6, 6.07) is 2.89. The molecular weight excluding hydrogens is 304 g/mol. The lowest BCUT2D eigenvalue weighted by Crippen LogP contribution is -2.40. The van der Waals surface area contributed by atoms with Gasteiger partial charge in [0, 0.05) is 12.4 Å². The van der Waals surface area contributed by atoms with Crippen LogP contribution in [0.3, 0.4) is 0 Å². The van der Waals surface area contributed by atoms with E-state index in [1.807, 2.05) is 4.72 Å². The number of carbonyl (C=O) groups is 1. The third-order valence-electron chi connectivity index (χ3n) is 3.75. The molecule has 1 saturated carbocycles. The summed E-state index contributed by atoms with van der Waals surface area (Å²) < 4.78 is 31.9. The first-order chi connectivity index (χ1) is 10.5. The Kier molecular flexibility index (Phi) is 5.90. The van der Waals surface area contributed by atoms with Crippen LogP contribution < -0.4 is 4.72 Å². The van der Waals surface area contributed by atoms with E-state index in [0.29, 0.717) is 0 Å². The van der Waals surface area contributed by atoms with Crippen molar-refractivity contribution in [3.05, 3.63) is 24.5 Å². The Morgan fingerprint density at radius 3 is 2.59 bits per heavy atom. The van der Waals surface area contributed by atoms with E-state index in [4.69, 9.17) is 4.74 Å². The Bertz CT molecular complexity index is 581. The first-order valence-electron chi connectivity index (χ1n) is 7.61. The van der Waals surface area contributed by atoms with Crippen LogP contribution in [0.25, 0.3) is 0 Å². The number of sulfonamides is 1. The van der Waals surface area contributed by atoms with Gasteiger partial charge in [0.1, 0.15) is 11.0 Å². The molecule has 122 valence electrons. The Morgan fingerprint density at radius 1 is 1.32 bits per heavy atom. The van der Waals surface area contributed by atoms with Gasteiger partial charge in [0.25, 0.3) is 15.9 Å². The van der Waals surface area contributed by atoms with Gasteiger partial charge >= 0.3 is 0 Å². The zero-order chi connectivity index (χ0) is 16.0. The highest BCUT2D eigenvalue weighted by Gasteiger charge is 2.25. The minimum Gasteiger partial charge on any atom is -0.365 e. The molecule has 1 aromatic rings. The molecule has 1 heterocycles. The fraction of sp³-hybridized carbons (Fsp3) is 0.600. The zero-order valence-electron chi connectivity index (χ0n) is 12.7. The zero-order valence-corrected chi connectivity index (χ0v) is 13.5. The number of nitrogens with one attached hydrogen (secondary N) is 1. The van der Waals surface area contributed by atoms with Gasteiger partial charge in [0.2, 0.25) is 0 Å². The molecule has 1 aliphatic carbocycles. The molecule has 1 atom stereocenters. The highest BCUT2D eigenvalue weighted by Crippen LogP contribution is 2.21. The molecule has 6 nitrogen and oxygen atoms in total. The molecule has 2 rings (SSSR count). The van der Waals surface area contributed by atoms with Crippen molar-refractivity contribution in [1.82, 2.24) is 9.71 Å². The van der Waals surface area contributed by atoms with Crippen molar-refractivity contribution in [2.75, 3.05) is 0 Å². The van der Waals surface area contributed by atoms with Crippen molar-refractivity contribution in [3.8, 4) is 0 Å². The van der Waals surface area contributed by atoms with E-state index in [0.717, 1.165) is 25.7 Å². The Morgan fingerprint density at radius 2 is 2.00 bits per heavy atom. The summed E-state index contributed by atoms with van der Waals surface area (Å²) >= 11 is 0. The van der Waals surface area contributed by atoms with E-state index in [9.17, 15) is 13.2 Å². The van der Waals surface area contributed by atoms with Gasteiger partial charge in [-0.15, -0.1) is 0 Å². The number of amides is 1. The maximum absolute atomic E-state index is 12.1. The first kappa shape index (κ1) is 16.9. The summed E-state index contributed by atoms with van der Waals surface area (Å²) in [5, 5.41) is 0. The summed E-state index contributed by atoms with van der Waals surface area (Å²) in [5.74, 6) is -0.645. The fourth-order valence-corrected chi connectivity index (χ4v) is 3.51. The average molecular weight is 326 g/mol. The fourth-order valence-electron chi connectivity index (χ4n) is 2.51. The number of hydrogen-bond donors (Lipinski definition) is 1. The molecule has 7 heteroatoms. The molecule has 0 aliphatic heterocycles. The highest BCUT2D eigenvalue weighted by atomic mass is 32.2.